The molecule has 0 aliphatic rings. The lowest BCUT2D eigenvalue weighted by atomic mass is 10.1. The molecule has 0 amide bonds. The Morgan fingerprint density at radius 3 is 2.80 bits per heavy atom. The highest BCUT2D eigenvalue weighted by Crippen LogP contribution is 2.28. The number of aliphatic hydroxyl groups is 1. The van der Waals surface area contributed by atoms with Crippen molar-refractivity contribution in [2.75, 3.05) is 25.1 Å². The topological polar surface area (TPSA) is 60.1 Å². The summed E-state index contributed by atoms with van der Waals surface area (Å²) in [6.07, 6.45) is 4.46. The number of benzene rings is 1. The highest BCUT2D eigenvalue weighted by Gasteiger charge is 2.12. The van der Waals surface area contributed by atoms with E-state index in [0.29, 0.717) is 5.56 Å². The first-order valence-electron chi connectivity index (χ1n) is 6.87. The van der Waals surface area contributed by atoms with Gasteiger partial charge in [0.1, 0.15) is 6.07 Å². The van der Waals surface area contributed by atoms with Crippen molar-refractivity contribution in [1.29, 1.82) is 5.26 Å². The fourth-order valence-corrected chi connectivity index (χ4v) is 2.37. The molecular formula is C16H19N3O. The lowest BCUT2D eigenvalue weighted by Gasteiger charge is -2.22. The van der Waals surface area contributed by atoms with E-state index in [-0.39, 0.29) is 6.61 Å². The highest BCUT2D eigenvalue weighted by atomic mass is 16.2. The molecule has 0 atom stereocenters. The average Bonchev–Trinajstić information content (AvgIpc) is 2.50. The van der Waals surface area contributed by atoms with Gasteiger partial charge in [0.05, 0.1) is 16.8 Å². The van der Waals surface area contributed by atoms with Gasteiger partial charge >= 0.3 is 0 Å². The molecule has 0 spiro atoms. The molecule has 0 saturated heterocycles. The maximum atomic E-state index is 9.29. The minimum atomic E-state index is 0.241. The largest absolute Gasteiger partial charge is 0.396 e. The first-order chi connectivity index (χ1) is 9.77. The predicted octanol–water partition coefficient (Wildman–Crippen LogP) is 2.71. The van der Waals surface area contributed by atoms with Gasteiger partial charge in [-0.05, 0) is 25.3 Å². The van der Waals surface area contributed by atoms with Crippen LogP contribution in [0.1, 0.15) is 24.8 Å². The minimum absolute atomic E-state index is 0.241. The molecule has 104 valence electrons. The molecule has 2 aromatic rings. The van der Waals surface area contributed by atoms with Gasteiger partial charge in [-0.15, -0.1) is 0 Å². The van der Waals surface area contributed by atoms with Crippen molar-refractivity contribution in [3.63, 3.8) is 0 Å². The lowest BCUT2D eigenvalue weighted by Crippen LogP contribution is -2.20. The van der Waals surface area contributed by atoms with Crippen molar-refractivity contribution in [2.45, 2.75) is 19.3 Å². The van der Waals surface area contributed by atoms with Crippen molar-refractivity contribution < 1.29 is 5.11 Å². The van der Waals surface area contributed by atoms with Crippen molar-refractivity contribution in [1.82, 2.24) is 4.98 Å². The number of nitrogens with zero attached hydrogens (tertiary/aromatic N) is 3. The summed E-state index contributed by atoms with van der Waals surface area (Å²) in [6.45, 7) is 1.11. The van der Waals surface area contributed by atoms with Gasteiger partial charge in [0.25, 0.3) is 0 Å². The van der Waals surface area contributed by atoms with Crippen LogP contribution in [0.4, 0.5) is 5.69 Å². The molecule has 0 aliphatic heterocycles. The number of nitriles is 1. The number of hydrogen-bond acceptors (Lipinski definition) is 4. The molecule has 1 heterocycles. The Morgan fingerprint density at radius 1 is 1.25 bits per heavy atom. The third kappa shape index (κ3) is 3.06. The molecule has 4 nitrogen and oxygen atoms in total. The molecule has 0 radical (unpaired) electrons. The van der Waals surface area contributed by atoms with Crippen molar-refractivity contribution in [3.05, 3.63) is 36.0 Å². The molecule has 2 rings (SSSR count). The Hall–Kier alpha value is -2.12. The maximum Gasteiger partial charge on any atom is 0.103 e. The normalized spacial score (nSPS) is 10.4. The summed E-state index contributed by atoms with van der Waals surface area (Å²) in [4.78, 5) is 6.43. The number of rotatable bonds is 6. The number of fused-ring (bicyclic) bond motifs is 1. The van der Waals surface area contributed by atoms with Gasteiger partial charge in [0.15, 0.2) is 0 Å². The SMILES string of the molecule is CN(CCCCCO)c1c(C#N)cnc2ccccc12. The van der Waals surface area contributed by atoms with Gasteiger partial charge in [-0.25, -0.2) is 0 Å². The van der Waals surface area contributed by atoms with E-state index in [9.17, 15) is 5.26 Å². The standard InChI is InChI=1S/C16H19N3O/c1-19(9-5-2-6-10-20)16-13(11-17)12-18-15-8-4-3-7-14(15)16/h3-4,7-8,12,20H,2,5-6,9-10H2,1H3. The number of aromatic nitrogens is 1. The van der Waals surface area contributed by atoms with Crippen LogP contribution < -0.4 is 4.90 Å². The Kier molecular flexibility index (Phi) is 4.91. The minimum Gasteiger partial charge on any atom is -0.396 e. The molecule has 0 fully saturated rings. The van der Waals surface area contributed by atoms with E-state index in [1.54, 1.807) is 6.20 Å². The van der Waals surface area contributed by atoms with Gasteiger partial charge in [-0.3, -0.25) is 4.98 Å². The first kappa shape index (κ1) is 14.3. The van der Waals surface area contributed by atoms with Crippen LogP contribution >= 0.6 is 0 Å². The van der Waals surface area contributed by atoms with Crippen LogP contribution in [0.25, 0.3) is 10.9 Å². The van der Waals surface area contributed by atoms with Crippen molar-refractivity contribution >= 4 is 16.6 Å². The van der Waals surface area contributed by atoms with Crippen molar-refractivity contribution in [2.24, 2.45) is 0 Å². The number of para-hydroxylation sites is 1. The first-order valence-corrected chi connectivity index (χ1v) is 6.87. The quantitative estimate of drug-likeness (QED) is 0.819. The number of aliphatic hydroxyl groups excluding tert-OH is 1. The molecule has 0 bridgehead atoms. The lowest BCUT2D eigenvalue weighted by molar-refractivity contribution is 0.283. The van der Waals surface area contributed by atoms with Gasteiger partial charge in [-0.2, -0.15) is 5.26 Å². The Balaban J connectivity index is 2.29. The van der Waals surface area contributed by atoms with Crippen LogP contribution in [-0.4, -0.2) is 30.3 Å². The van der Waals surface area contributed by atoms with Crippen molar-refractivity contribution in [3.8, 4) is 6.07 Å². The second-order valence-corrected chi connectivity index (χ2v) is 4.86. The Morgan fingerprint density at radius 2 is 2.05 bits per heavy atom. The van der Waals surface area contributed by atoms with Crippen LogP contribution in [0.2, 0.25) is 0 Å². The number of unbranched alkanes of at least 4 members (excludes halogenated alkanes) is 2. The van der Waals surface area contributed by atoms with E-state index < -0.39 is 0 Å². The second kappa shape index (κ2) is 6.88. The summed E-state index contributed by atoms with van der Waals surface area (Å²) in [7, 11) is 2.00. The average molecular weight is 269 g/mol. The fourth-order valence-electron chi connectivity index (χ4n) is 2.37. The molecule has 4 heteroatoms. The number of pyridine rings is 1. The fraction of sp³-hybridized carbons (Fsp3) is 0.375. The number of hydrogen-bond donors (Lipinski definition) is 1. The van der Waals surface area contributed by atoms with Crippen LogP contribution in [0, 0.1) is 11.3 Å². The summed E-state index contributed by atoms with van der Waals surface area (Å²) in [6, 6.07) is 10.1. The van der Waals surface area contributed by atoms with E-state index in [4.69, 9.17) is 5.11 Å². The van der Waals surface area contributed by atoms with Crippen LogP contribution in [0.5, 0.6) is 0 Å². The molecule has 20 heavy (non-hydrogen) atoms. The molecule has 0 saturated carbocycles. The summed E-state index contributed by atoms with van der Waals surface area (Å²) in [5.74, 6) is 0. The summed E-state index contributed by atoms with van der Waals surface area (Å²) >= 11 is 0. The summed E-state index contributed by atoms with van der Waals surface area (Å²) < 4.78 is 0. The van der Waals surface area contributed by atoms with E-state index in [2.05, 4.69) is 16.0 Å². The molecular weight excluding hydrogens is 250 g/mol. The van der Waals surface area contributed by atoms with E-state index in [1.807, 2.05) is 31.3 Å². The highest BCUT2D eigenvalue weighted by molar-refractivity contribution is 5.94. The zero-order valence-electron chi connectivity index (χ0n) is 11.7. The monoisotopic (exact) mass is 269 g/mol. The summed E-state index contributed by atoms with van der Waals surface area (Å²) in [5.41, 5.74) is 2.46. The Labute approximate surface area is 119 Å². The van der Waals surface area contributed by atoms with E-state index in [1.165, 1.54) is 0 Å². The molecule has 1 aromatic heterocycles. The van der Waals surface area contributed by atoms with Gasteiger partial charge < -0.3 is 10.0 Å². The number of anilines is 1. The zero-order valence-corrected chi connectivity index (χ0v) is 11.7. The zero-order chi connectivity index (χ0) is 14.4. The predicted molar refractivity (Wildman–Crippen MR) is 80.7 cm³/mol. The Bertz CT molecular complexity index is 619. The molecule has 0 unspecified atom stereocenters. The molecule has 1 aromatic carbocycles. The van der Waals surface area contributed by atoms with E-state index in [0.717, 1.165) is 42.4 Å². The summed E-state index contributed by atoms with van der Waals surface area (Å²) in [5, 5.41) is 19.1. The van der Waals surface area contributed by atoms with Gasteiger partial charge in [-0.1, -0.05) is 18.2 Å². The maximum absolute atomic E-state index is 9.29. The molecule has 0 aliphatic carbocycles. The second-order valence-electron chi connectivity index (χ2n) is 4.86. The van der Waals surface area contributed by atoms with Crippen LogP contribution in [0.15, 0.2) is 30.5 Å². The van der Waals surface area contributed by atoms with Gasteiger partial charge in [0, 0.05) is 31.8 Å². The molecule has 1 N–H and O–H groups in total. The van der Waals surface area contributed by atoms with Gasteiger partial charge in [0.2, 0.25) is 0 Å². The van der Waals surface area contributed by atoms with Crippen LogP contribution in [0.3, 0.4) is 0 Å². The third-order valence-corrected chi connectivity index (χ3v) is 3.40. The van der Waals surface area contributed by atoms with E-state index >= 15 is 0 Å². The third-order valence-electron chi connectivity index (χ3n) is 3.40. The van der Waals surface area contributed by atoms with Crippen LogP contribution in [-0.2, 0) is 0 Å². The smallest absolute Gasteiger partial charge is 0.103 e.